The summed E-state index contributed by atoms with van der Waals surface area (Å²) in [7, 11) is 0. The fourth-order valence-electron chi connectivity index (χ4n) is 3.43. The van der Waals surface area contributed by atoms with Gasteiger partial charge in [0.25, 0.3) is 11.8 Å². The van der Waals surface area contributed by atoms with Crippen LogP contribution in [-0.4, -0.2) is 23.3 Å². The number of fused-ring (bicyclic) bond motifs is 1. The molecule has 0 saturated carbocycles. The molecule has 4 nitrogen and oxygen atoms in total. The lowest BCUT2D eigenvalue weighted by atomic mass is 9.95. The quantitative estimate of drug-likeness (QED) is 0.149. The molecule has 1 aromatic carbocycles. The molecule has 1 aliphatic rings. The number of halogens is 5. The largest absolute Gasteiger partial charge is 0.274 e. The molecule has 2 amide bonds. The van der Waals surface area contributed by atoms with Crippen LogP contribution in [0.4, 0.5) is 22.0 Å². The monoisotopic (exact) mass is 494 g/mol. The van der Waals surface area contributed by atoms with Crippen molar-refractivity contribution in [3.05, 3.63) is 62.8 Å². The van der Waals surface area contributed by atoms with Crippen molar-refractivity contribution in [3.8, 4) is 16.5 Å². The summed E-state index contributed by atoms with van der Waals surface area (Å²) >= 11 is 1.95. The highest BCUT2D eigenvalue weighted by molar-refractivity contribution is 7.29. The van der Waals surface area contributed by atoms with E-state index in [1.807, 2.05) is 6.07 Å². The molecule has 2 aromatic heterocycles. The molecule has 0 unspecified atom stereocenters. The average Bonchev–Trinajstić information content (AvgIpc) is 3.33. The zero-order valence-corrected chi connectivity index (χ0v) is 18.5. The third-order valence-corrected chi connectivity index (χ3v) is 7.37. The lowest BCUT2D eigenvalue weighted by molar-refractivity contribution is -0.140. The molecule has 0 N–H and O–H groups in total. The Balaban J connectivity index is 1.80. The van der Waals surface area contributed by atoms with E-state index in [1.54, 1.807) is 13.0 Å². The number of imide groups is 1. The van der Waals surface area contributed by atoms with Crippen molar-refractivity contribution in [2.75, 3.05) is 6.54 Å². The second-order valence-corrected chi connectivity index (χ2v) is 9.16. The maximum atomic E-state index is 14.1. The van der Waals surface area contributed by atoms with Gasteiger partial charge in [0.2, 0.25) is 5.82 Å². The SMILES string of the molecule is CCN1C(=O)C(C#N)=C(C)/C(=C/c2cc3sc(-c4c(F)c(F)c(F)c(F)c4F)cc3s2)C1=O. The Bertz CT molecular complexity index is 1420. The Morgan fingerprint density at radius 2 is 1.52 bits per heavy atom. The summed E-state index contributed by atoms with van der Waals surface area (Å²) in [4.78, 5) is 26.3. The number of hydrogen-bond donors (Lipinski definition) is 0. The fourth-order valence-corrected chi connectivity index (χ4v) is 5.81. The molecule has 11 heteroatoms. The van der Waals surface area contributed by atoms with Crippen molar-refractivity contribution >= 4 is 50.0 Å². The van der Waals surface area contributed by atoms with Crippen LogP contribution in [0.2, 0.25) is 0 Å². The highest BCUT2D eigenvalue weighted by atomic mass is 32.1. The summed E-state index contributed by atoms with van der Waals surface area (Å²) in [6.07, 6.45) is 1.50. The van der Waals surface area contributed by atoms with Gasteiger partial charge < -0.3 is 0 Å². The third-order valence-electron chi connectivity index (χ3n) is 5.11. The molecule has 0 spiro atoms. The summed E-state index contributed by atoms with van der Waals surface area (Å²) in [5, 5.41) is 9.31. The van der Waals surface area contributed by atoms with E-state index in [0.29, 0.717) is 14.3 Å². The number of rotatable bonds is 3. The van der Waals surface area contributed by atoms with E-state index < -0.39 is 46.5 Å². The highest BCUT2D eigenvalue weighted by Gasteiger charge is 2.34. The molecule has 0 bridgehead atoms. The van der Waals surface area contributed by atoms with Gasteiger partial charge in [0.15, 0.2) is 23.3 Å². The predicted octanol–water partition coefficient (Wildman–Crippen LogP) is 5.94. The molecule has 33 heavy (non-hydrogen) atoms. The molecule has 0 fully saturated rings. The van der Waals surface area contributed by atoms with E-state index in [0.717, 1.165) is 27.6 Å². The summed E-state index contributed by atoms with van der Waals surface area (Å²) in [5.41, 5.74) is -0.760. The van der Waals surface area contributed by atoms with Gasteiger partial charge >= 0.3 is 0 Å². The smallest absolute Gasteiger partial charge is 0.271 e. The van der Waals surface area contributed by atoms with Gasteiger partial charge in [0, 0.05) is 31.3 Å². The van der Waals surface area contributed by atoms with E-state index in [4.69, 9.17) is 0 Å². The van der Waals surface area contributed by atoms with Crippen LogP contribution in [-0.2, 0) is 9.59 Å². The van der Waals surface area contributed by atoms with Crippen LogP contribution in [0.15, 0.2) is 28.9 Å². The zero-order valence-electron chi connectivity index (χ0n) is 16.9. The number of carbonyl (C=O) groups excluding carboxylic acids is 2. The summed E-state index contributed by atoms with van der Waals surface area (Å²) in [6, 6.07) is 4.71. The first-order valence-electron chi connectivity index (χ1n) is 9.35. The van der Waals surface area contributed by atoms with E-state index >= 15 is 0 Å². The summed E-state index contributed by atoms with van der Waals surface area (Å²) in [6.45, 7) is 3.17. The molecule has 0 saturated heterocycles. The average molecular weight is 494 g/mol. The lowest BCUT2D eigenvalue weighted by Gasteiger charge is -2.26. The first-order chi connectivity index (χ1) is 15.6. The van der Waals surface area contributed by atoms with Gasteiger partial charge in [-0.25, -0.2) is 22.0 Å². The van der Waals surface area contributed by atoms with Crippen molar-refractivity contribution in [2.45, 2.75) is 13.8 Å². The Morgan fingerprint density at radius 3 is 2.06 bits per heavy atom. The van der Waals surface area contributed by atoms with Crippen LogP contribution in [0.1, 0.15) is 18.7 Å². The number of carbonyl (C=O) groups is 2. The van der Waals surface area contributed by atoms with Gasteiger partial charge in [0.05, 0.1) is 5.56 Å². The van der Waals surface area contributed by atoms with Gasteiger partial charge in [0.1, 0.15) is 11.6 Å². The Hall–Kier alpha value is -3.36. The first-order valence-corrected chi connectivity index (χ1v) is 11.0. The summed E-state index contributed by atoms with van der Waals surface area (Å²) in [5.74, 6) is -11.3. The normalized spacial score (nSPS) is 15.8. The van der Waals surface area contributed by atoms with Crippen LogP contribution >= 0.6 is 22.7 Å². The topological polar surface area (TPSA) is 61.2 Å². The highest BCUT2D eigenvalue weighted by Crippen LogP contribution is 2.42. The van der Waals surface area contributed by atoms with E-state index in [-0.39, 0.29) is 28.1 Å². The Kier molecular flexibility index (Phi) is 5.67. The van der Waals surface area contributed by atoms with Crippen molar-refractivity contribution in [3.63, 3.8) is 0 Å². The lowest BCUT2D eigenvalue weighted by Crippen LogP contribution is -2.42. The second-order valence-electron chi connectivity index (χ2n) is 6.96. The van der Waals surface area contributed by atoms with Gasteiger partial charge in [-0.3, -0.25) is 14.5 Å². The van der Waals surface area contributed by atoms with Crippen molar-refractivity contribution in [2.24, 2.45) is 0 Å². The van der Waals surface area contributed by atoms with E-state index in [2.05, 4.69) is 0 Å². The van der Waals surface area contributed by atoms with Gasteiger partial charge in [-0.05, 0) is 37.6 Å². The van der Waals surface area contributed by atoms with Crippen molar-refractivity contribution in [1.29, 1.82) is 5.26 Å². The number of hydrogen-bond acceptors (Lipinski definition) is 5. The number of nitrogens with zero attached hydrogens (tertiary/aromatic N) is 2. The molecule has 3 aromatic rings. The minimum Gasteiger partial charge on any atom is -0.274 e. The minimum absolute atomic E-state index is 0.0816. The minimum atomic E-state index is -2.22. The molecule has 168 valence electrons. The first kappa shape index (κ1) is 22.8. The molecule has 0 radical (unpaired) electrons. The van der Waals surface area contributed by atoms with Crippen LogP contribution in [0.3, 0.4) is 0 Å². The van der Waals surface area contributed by atoms with Gasteiger partial charge in [-0.1, -0.05) is 0 Å². The van der Waals surface area contributed by atoms with Crippen molar-refractivity contribution < 1.29 is 31.5 Å². The molecular weight excluding hydrogens is 483 g/mol. The fraction of sp³-hybridized carbons (Fsp3) is 0.136. The number of amides is 2. The molecule has 0 aliphatic carbocycles. The maximum Gasteiger partial charge on any atom is 0.271 e. The van der Waals surface area contributed by atoms with Crippen LogP contribution in [0.25, 0.3) is 25.9 Å². The number of likely N-dealkylation sites (N-methyl/N-ethyl adjacent to an activating group) is 1. The molecular formula is C22H11F5N2O2S2. The molecule has 4 rings (SSSR count). The van der Waals surface area contributed by atoms with Gasteiger partial charge in [-0.15, -0.1) is 22.7 Å². The van der Waals surface area contributed by atoms with Crippen LogP contribution in [0, 0.1) is 40.4 Å². The molecule has 3 heterocycles. The van der Waals surface area contributed by atoms with Crippen LogP contribution < -0.4 is 0 Å². The Morgan fingerprint density at radius 1 is 0.939 bits per heavy atom. The third kappa shape index (κ3) is 3.46. The van der Waals surface area contributed by atoms with E-state index in [1.165, 1.54) is 19.1 Å². The predicted molar refractivity (Wildman–Crippen MR) is 114 cm³/mol. The summed E-state index contributed by atoms with van der Waals surface area (Å²) < 4.78 is 69.8. The van der Waals surface area contributed by atoms with Crippen LogP contribution in [0.5, 0.6) is 0 Å². The van der Waals surface area contributed by atoms with E-state index in [9.17, 15) is 36.8 Å². The Labute approximate surface area is 191 Å². The molecule has 1 aliphatic heterocycles. The number of benzene rings is 1. The maximum absolute atomic E-state index is 14.1. The van der Waals surface area contributed by atoms with Gasteiger partial charge in [-0.2, -0.15) is 5.26 Å². The molecule has 0 atom stereocenters. The standard InChI is InChI=1S/C22H11F5N2O2S2/c1-3-29-21(30)10(8(2)11(7-28)22(29)31)4-9-5-12-13(32-9)6-14(33-12)15-16(23)18(25)20(27)19(26)17(15)24/h4-6H,3H2,1-2H3/b10-4-. The number of nitriles is 1. The van der Waals surface area contributed by atoms with Crippen molar-refractivity contribution in [1.82, 2.24) is 4.90 Å². The second kappa shape index (κ2) is 8.20. The number of thiophene rings is 2. The zero-order chi connectivity index (χ0) is 24.2.